The molecular weight excluding hydrogens is 438 g/mol. The fraction of sp³-hybridized carbons (Fsp3) is 0.440. The predicted octanol–water partition coefficient (Wildman–Crippen LogP) is 3.44. The standard InChI is InChI=1S/C25H35N3O4S/c1-7-22(25(30)26-5)27(16-20-13-9-8-12-19(20)4)24(29)17-28(33(6,31)32)23-15-11-10-14-21(23)18(2)3/h8-15,18,22H,7,16-17H2,1-6H3,(H,26,30)/t22-/m0/s1. The van der Waals surface area contributed by atoms with Gasteiger partial charge in [-0.1, -0.05) is 63.2 Å². The normalized spacial score (nSPS) is 12.3. The highest BCUT2D eigenvalue weighted by molar-refractivity contribution is 7.92. The molecule has 2 aromatic rings. The molecule has 0 fully saturated rings. The SMILES string of the molecule is CC[C@@H](C(=O)NC)N(Cc1ccccc1C)C(=O)CN(c1ccccc1C(C)C)S(C)(=O)=O. The monoisotopic (exact) mass is 473 g/mol. The van der Waals surface area contributed by atoms with E-state index >= 15 is 0 Å². The third-order valence-corrected chi connectivity index (χ3v) is 6.87. The number of carbonyl (C=O) groups is 2. The molecule has 1 atom stereocenters. The Hall–Kier alpha value is -2.87. The van der Waals surface area contributed by atoms with Crippen LogP contribution < -0.4 is 9.62 Å². The predicted molar refractivity (Wildman–Crippen MR) is 133 cm³/mol. The van der Waals surface area contributed by atoms with Crippen molar-refractivity contribution in [1.29, 1.82) is 0 Å². The quantitative estimate of drug-likeness (QED) is 0.573. The molecule has 180 valence electrons. The molecule has 1 N–H and O–H groups in total. The number of rotatable bonds is 10. The molecule has 0 aliphatic carbocycles. The van der Waals surface area contributed by atoms with Gasteiger partial charge in [0.25, 0.3) is 0 Å². The molecule has 0 saturated heterocycles. The van der Waals surface area contributed by atoms with Crippen molar-refractivity contribution in [2.75, 3.05) is 24.2 Å². The van der Waals surface area contributed by atoms with Crippen LogP contribution in [0.25, 0.3) is 0 Å². The minimum atomic E-state index is -3.76. The van der Waals surface area contributed by atoms with Gasteiger partial charge in [-0.05, 0) is 42.0 Å². The first-order valence-corrected chi connectivity index (χ1v) is 13.0. The summed E-state index contributed by atoms with van der Waals surface area (Å²) in [4.78, 5) is 27.7. The van der Waals surface area contributed by atoms with Crippen LogP contribution in [0.3, 0.4) is 0 Å². The molecular formula is C25H35N3O4S. The van der Waals surface area contributed by atoms with E-state index in [9.17, 15) is 18.0 Å². The second kappa shape index (κ2) is 11.3. The maximum absolute atomic E-state index is 13.6. The van der Waals surface area contributed by atoms with Crippen molar-refractivity contribution in [2.45, 2.75) is 52.6 Å². The van der Waals surface area contributed by atoms with Gasteiger partial charge in [0.1, 0.15) is 12.6 Å². The number of benzene rings is 2. The number of aryl methyl sites for hydroxylation is 1. The van der Waals surface area contributed by atoms with Crippen LogP contribution in [0.5, 0.6) is 0 Å². The number of hydrogen-bond donors (Lipinski definition) is 1. The second-order valence-corrected chi connectivity index (χ2v) is 10.4. The number of nitrogens with zero attached hydrogens (tertiary/aromatic N) is 2. The average molecular weight is 474 g/mol. The fourth-order valence-corrected chi connectivity index (χ4v) is 4.72. The van der Waals surface area contributed by atoms with Gasteiger partial charge in [-0.2, -0.15) is 0 Å². The van der Waals surface area contributed by atoms with Crippen LogP contribution in [0.1, 0.15) is 49.8 Å². The summed E-state index contributed by atoms with van der Waals surface area (Å²) >= 11 is 0. The van der Waals surface area contributed by atoms with Gasteiger partial charge in [-0.15, -0.1) is 0 Å². The number of amides is 2. The van der Waals surface area contributed by atoms with Gasteiger partial charge in [-0.3, -0.25) is 13.9 Å². The molecule has 0 unspecified atom stereocenters. The van der Waals surface area contributed by atoms with Crippen LogP contribution in [0.4, 0.5) is 5.69 Å². The zero-order chi connectivity index (χ0) is 24.8. The zero-order valence-corrected chi connectivity index (χ0v) is 21.1. The Kier molecular flexibility index (Phi) is 9.05. The molecule has 0 aliphatic heterocycles. The van der Waals surface area contributed by atoms with Crippen molar-refractivity contribution >= 4 is 27.5 Å². The molecule has 2 aromatic carbocycles. The number of carbonyl (C=O) groups excluding carboxylic acids is 2. The number of sulfonamides is 1. The van der Waals surface area contributed by atoms with Gasteiger partial charge in [-0.25, -0.2) is 8.42 Å². The molecule has 0 saturated carbocycles. The molecule has 2 rings (SSSR count). The third kappa shape index (κ3) is 6.57. The van der Waals surface area contributed by atoms with E-state index in [1.807, 2.05) is 64.1 Å². The number of anilines is 1. The van der Waals surface area contributed by atoms with Crippen molar-refractivity contribution < 1.29 is 18.0 Å². The molecule has 33 heavy (non-hydrogen) atoms. The van der Waals surface area contributed by atoms with E-state index in [0.717, 1.165) is 27.3 Å². The second-order valence-electron chi connectivity index (χ2n) is 8.47. The summed E-state index contributed by atoms with van der Waals surface area (Å²) in [5, 5.41) is 2.63. The van der Waals surface area contributed by atoms with Crippen LogP contribution in [0.15, 0.2) is 48.5 Å². The minimum Gasteiger partial charge on any atom is -0.357 e. The van der Waals surface area contributed by atoms with Gasteiger partial charge < -0.3 is 10.2 Å². The minimum absolute atomic E-state index is 0.0675. The molecule has 0 heterocycles. The summed E-state index contributed by atoms with van der Waals surface area (Å²) in [5.41, 5.74) is 3.21. The largest absolute Gasteiger partial charge is 0.357 e. The molecule has 0 spiro atoms. The molecule has 8 heteroatoms. The summed E-state index contributed by atoms with van der Waals surface area (Å²) < 4.78 is 26.7. The van der Waals surface area contributed by atoms with Crippen molar-refractivity contribution in [3.8, 4) is 0 Å². The number of likely N-dealkylation sites (N-methyl/N-ethyl adjacent to an activating group) is 1. The van der Waals surface area contributed by atoms with E-state index in [1.165, 1.54) is 11.9 Å². The summed E-state index contributed by atoms with van der Waals surface area (Å²) in [5.74, 6) is -0.650. The van der Waals surface area contributed by atoms with Gasteiger partial charge in [0, 0.05) is 13.6 Å². The summed E-state index contributed by atoms with van der Waals surface area (Å²) in [6.45, 7) is 7.55. The van der Waals surface area contributed by atoms with Gasteiger partial charge in [0.05, 0.1) is 11.9 Å². The molecule has 0 aromatic heterocycles. The first-order valence-electron chi connectivity index (χ1n) is 11.1. The van der Waals surface area contributed by atoms with Crippen LogP contribution in [0, 0.1) is 6.92 Å². The number of hydrogen-bond acceptors (Lipinski definition) is 4. The molecule has 0 bridgehead atoms. The smallest absolute Gasteiger partial charge is 0.244 e. The highest BCUT2D eigenvalue weighted by Crippen LogP contribution is 2.29. The summed E-state index contributed by atoms with van der Waals surface area (Å²) in [6, 6.07) is 14.1. The molecule has 2 amide bonds. The number of nitrogens with one attached hydrogen (secondary N) is 1. The van der Waals surface area contributed by atoms with E-state index in [-0.39, 0.29) is 24.9 Å². The summed E-state index contributed by atoms with van der Waals surface area (Å²) in [7, 11) is -2.23. The average Bonchev–Trinajstić information content (AvgIpc) is 2.77. The van der Waals surface area contributed by atoms with E-state index in [0.29, 0.717) is 12.1 Å². The van der Waals surface area contributed by atoms with Crippen LogP contribution in [-0.4, -0.2) is 51.0 Å². The third-order valence-electron chi connectivity index (χ3n) is 5.74. The zero-order valence-electron chi connectivity index (χ0n) is 20.3. The maximum Gasteiger partial charge on any atom is 0.244 e. The molecule has 0 radical (unpaired) electrons. The van der Waals surface area contributed by atoms with Crippen molar-refractivity contribution in [3.63, 3.8) is 0 Å². The lowest BCUT2D eigenvalue weighted by Crippen LogP contribution is -2.51. The highest BCUT2D eigenvalue weighted by atomic mass is 32.2. The van der Waals surface area contributed by atoms with Crippen molar-refractivity contribution in [3.05, 3.63) is 65.2 Å². The van der Waals surface area contributed by atoms with Crippen LogP contribution >= 0.6 is 0 Å². The molecule has 0 aliphatic rings. The van der Waals surface area contributed by atoms with E-state index in [2.05, 4.69) is 5.32 Å². The van der Waals surface area contributed by atoms with Crippen molar-refractivity contribution in [1.82, 2.24) is 10.2 Å². The fourth-order valence-electron chi connectivity index (χ4n) is 3.85. The van der Waals surface area contributed by atoms with Crippen LogP contribution in [-0.2, 0) is 26.2 Å². The Balaban J connectivity index is 2.51. The Morgan fingerprint density at radius 3 is 2.18 bits per heavy atom. The topological polar surface area (TPSA) is 86.8 Å². The first kappa shape index (κ1) is 26.4. The maximum atomic E-state index is 13.6. The molecule has 7 nitrogen and oxygen atoms in total. The highest BCUT2D eigenvalue weighted by Gasteiger charge is 2.32. The van der Waals surface area contributed by atoms with Gasteiger partial charge >= 0.3 is 0 Å². The lowest BCUT2D eigenvalue weighted by molar-refractivity contribution is -0.140. The Morgan fingerprint density at radius 2 is 1.64 bits per heavy atom. The lowest BCUT2D eigenvalue weighted by atomic mass is 10.0. The lowest BCUT2D eigenvalue weighted by Gasteiger charge is -2.33. The van der Waals surface area contributed by atoms with E-state index < -0.39 is 22.0 Å². The summed E-state index contributed by atoms with van der Waals surface area (Å²) in [6.07, 6.45) is 1.50. The Bertz CT molecular complexity index is 1080. The number of para-hydroxylation sites is 1. The van der Waals surface area contributed by atoms with E-state index in [1.54, 1.807) is 12.1 Å². The van der Waals surface area contributed by atoms with Gasteiger partial charge in [0.2, 0.25) is 21.8 Å². The van der Waals surface area contributed by atoms with Crippen molar-refractivity contribution in [2.24, 2.45) is 0 Å². The van der Waals surface area contributed by atoms with Gasteiger partial charge in [0.15, 0.2) is 0 Å². The Labute approximate surface area is 197 Å². The van der Waals surface area contributed by atoms with E-state index in [4.69, 9.17) is 0 Å². The first-order chi connectivity index (χ1) is 15.5. The Morgan fingerprint density at radius 1 is 1.03 bits per heavy atom. The van der Waals surface area contributed by atoms with Crippen LogP contribution in [0.2, 0.25) is 0 Å².